The van der Waals surface area contributed by atoms with Gasteiger partial charge in [-0.15, -0.1) is 11.6 Å². The van der Waals surface area contributed by atoms with Gasteiger partial charge in [0, 0.05) is 20.8 Å². The predicted octanol–water partition coefficient (Wildman–Crippen LogP) is -0.263. The van der Waals surface area contributed by atoms with Gasteiger partial charge >= 0.3 is 17.9 Å². The first-order valence-electron chi connectivity index (χ1n) is 6.17. The summed E-state index contributed by atoms with van der Waals surface area (Å²) in [6.45, 7) is 3.21. The van der Waals surface area contributed by atoms with Gasteiger partial charge in [0.05, 0.1) is 0 Å². The number of esters is 3. The number of halogens is 1. The monoisotopic (exact) mass is 324 g/mol. The van der Waals surface area contributed by atoms with E-state index < -0.39 is 47.9 Å². The molecule has 9 heteroatoms. The molecule has 1 rings (SSSR count). The molecule has 0 saturated carbocycles. The SMILES string of the molecule is CC(=O)OC[C@H]1O[C@@H](O)[C@H](Cl)[C@@H](OC(C)=O)[C@H]1OC(C)=O. The second-order valence-corrected chi connectivity index (χ2v) is 4.96. The minimum absolute atomic E-state index is 0.286. The third-order valence-corrected chi connectivity index (χ3v) is 3.11. The average molecular weight is 325 g/mol. The minimum Gasteiger partial charge on any atom is -0.463 e. The van der Waals surface area contributed by atoms with Crippen LogP contribution in [0.4, 0.5) is 0 Å². The van der Waals surface area contributed by atoms with Crippen LogP contribution < -0.4 is 0 Å². The van der Waals surface area contributed by atoms with E-state index in [-0.39, 0.29) is 6.61 Å². The third-order valence-electron chi connectivity index (χ3n) is 2.65. The highest BCUT2D eigenvalue weighted by Gasteiger charge is 2.49. The zero-order valence-corrected chi connectivity index (χ0v) is 12.5. The van der Waals surface area contributed by atoms with Crippen LogP contribution in [0.15, 0.2) is 0 Å². The van der Waals surface area contributed by atoms with Crippen LogP contribution >= 0.6 is 11.6 Å². The summed E-state index contributed by atoms with van der Waals surface area (Å²) in [4.78, 5) is 33.2. The van der Waals surface area contributed by atoms with Crippen molar-refractivity contribution < 1.29 is 38.4 Å². The van der Waals surface area contributed by atoms with Gasteiger partial charge in [0.15, 0.2) is 18.5 Å². The highest BCUT2D eigenvalue weighted by Crippen LogP contribution is 2.29. The molecule has 1 aliphatic heterocycles. The van der Waals surface area contributed by atoms with E-state index in [2.05, 4.69) is 0 Å². The van der Waals surface area contributed by atoms with Gasteiger partial charge in [-0.05, 0) is 0 Å². The van der Waals surface area contributed by atoms with Gasteiger partial charge in [-0.1, -0.05) is 0 Å². The standard InChI is InChI=1S/C12H17ClO8/c1-5(14)18-4-8-10(19-6(2)15)11(20-7(3)16)9(13)12(17)21-8/h8-12,17H,4H2,1-3H3/t8-,9-,10+,11-,12-/m1/s1. The summed E-state index contributed by atoms with van der Waals surface area (Å²) in [6.07, 6.45) is -4.70. The van der Waals surface area contributed by atoms with Crippen molar-refractivity contribution in [2.24, 2.45) is 0 Å². The molecule has 0 spiro atoms. The Bertz CT molecular complexity index is 412. The number of aliphatic hydroxyl groups excluding tert-OH is 1. The molecule has 0 aliphatic carbocycles. The Balaban J connectivity index is 2.94. The van der Waals surface area contributed by atoms with Gasteiger partial charge in [0.1, 0.15) is 18.1 Å². The first-order valence-corrected chi connectivity index (χ1v) is 6.61. The van der Waals surface area contributed by atoms with Gasteiger partial charge in [-0.25, -0.2) is 0 Å². The van der Waals surface area contributed by atoms with Crippen LogP contribution in [0.2, 0.25) is 0 Å². The maximum Gasteiger partial charge on any atom is 0.303 e. The molecule has 0 radical (unpaired) electrons. The molecular weight excluding hydrogens is 308 g/mol. The predicted molar refractivity (Wildman–Crippen MR) is 68.3 cm³/mol. The van der Waals surface area contributed by atoms with Crippen molar-refractivity contribution in [1.29, 1.82) is 0 Å². The Morgan fingerprint density at radius 3 is 2.05 bits per heavy atom. The van der Waals surface area contributed by atoms with Gasteiger partial charge in [-0.2, -0.15) is 0 Å². The fourth-order valence-electron chi connectivity index (χ4n) is 1.88. The van der Waals surface area contributed by atoms with Crippen molar-refractivity contribution in [3.8, 4) is 0 Å². The average Bonchev–Trinajstić information content (AvgIpc) is 2.35. The summed E-state index contributed by atoms with van der Waals surface area (Å²) >= 11 is 5.93. The van der Waals surface area contributed by atoms with Crippen molar-refractivity contribution in [1.82, 2.24) is 0 Å². The quantitative estimate of drug-likeness (QED) is 0.428. The summed E-state index contributed by atoms with van der Waals surface area (Å²) in [7, 11) is 0. The molecule has 1 saturated heterocycles. The largest absolute Gasteiger partial charge is 0.463 e. The first-order chi connectivity index (χ1) is 9.72. The summed E-state index contributed by atoms with van der Waals surface area (Å²) in [6, 6.07) is 0. The molecule has 5 atom stereocenters. The highest BCUT2D eigenvalue weighted by atomic mass is 35.5. The van der Waals surface area contributed by atoms with Crippen LogP contribution in [0, 0.1) is 0 Å². The Hall–Kier alpha value is -1.38. The fraction of sp³-hybridized carbons (Fsp3) is 0.750. The number of carbonyl (C=O) groups is 3. The molecule has 1 aliphatic rings. The third kappa shape index (κ3) is 5.14. The Labute approximate surface area is 126 Å². The maximum absolute atomic E-state index is 11.2. The lowest BCUT2D eigenvalue weighted by Gasteiger charge is -2.41. The zero-order chi connectivity index (χ0) is 16.2. The Morgan fingerprint density at radius 2 is 1.57 bits per heavy atom. The number of hydrogen-bond donors (Lipinski definition) is 1. The maximum atomic E-state index is 11.2. The van der Waals surface area contributed by atoms with Crippen molar-refractivity contribution >= 4 is 29.5 Å². The lowest BCUT2D eigenvalue weighted by molar-refractivity contribution is -0.250. The van der Waals surface area contributed by atoms with Crippen molar-refractivity contribution in [3.63, 3.8) is 0 Å². The van der Waals surface area contributed by atoms with E-state index in [0.29, 0.717) is 0 Å². The van der Waals surface area contributed by atoms with Crippen LogP contribution in [0.25, 0.3) is 0 Å². The lowest BCUT2D eigenvalue weighted by atomic mass is 10.0. The van der Waals surface area contributed by atoms with Gasteiger partial charge < -0.3 is 24.1 Å². The molecule has 0 bridgehead atoms. The van der Waals surface area contributed by atoms with E-state index in [9.17, 15) is 19.5 Å². The molecule has 0 amide bonds. The summed E-state index contributed by atoms with van der Waals surface area (Å²) in [5, 5.41) is 8.59. The van der Waals surface area contributed by atoms with Crippen molar-refractivity contribution in [2.45, 2.75) is 50.8 Å². The molecule has 1 fully saturated rings. The molecule has 120 valence electrons. The zero-order valence-electron chi connectivity index (χ0n) is 11.8. The van der Waals surface area contributed by atoms with E-state index in [1.54, 1.807) is 0 Å². The summed E-state index contributed by atoms with van der Waals surface area (Å²) in [5.74, 6) is -1.90. The smallest absolute Gasteiger partial charge is 0.303 e. The van der Waals surface area contributed by atoms with Gasteiger partial charge in [0.2, 0.25) is 0 Å². The van der Waals surface area contributed by atoms with Crippen molar-refractivity contribution in [2.75, 3.05) is 6.61 Å². The number of alkyl halides is 1. The first kappa shape index (κ1) is 17.7. The molecule has 1 heterocycles. The van der Waals surface area contributed by atoms with Crippen molar-refractivity contribution in [3.05, 3.63) is 0 Å². The van der Waals surface area contributed by atoms with Gasteiger partial charge in [-0.3, -0.25) is 14.4 Å². The molecule has 0 aromatic rings. The molecule has 0 unspecified atom stereocenters. The summed E-state index contributed by atoms with van der Waals surface area (Å²) in [5.41, 5.74) is 0. The van der Waals surface area contributed by atoms with Crippen LogP contribution in [0.1, 0.15) is 20.8 Å². The normalized spacial score (nSPS) is 32.1. The molecule has 8 nitrogen and oxygen atoms in total. The fourth-order valence-corrected chi connectivity index (χ4v) is 2.13. The topological polar surface area (TPSA) is 108 Å². The number of ether oxygens (including phenoxy) is 4. The number of hydrogen-bond acceptors (Lipinski definition) is 8. The number of carbonyl (C=O) groups excluding carboxylic acids is 3. The van der Waals surface area contributed by atoms with E-state index in [4.69, 9.17) is 30.5 Å². The van der Waals surface area contributed by atoms with E-state index in [1.807, 2.05) is 0 Å². The van der Waals surface area contributed by atoms with Crippen LogP contribution in [0.5, 0.6) is 0 Å². The second kappa shape index (κ2) is 7.58. The minimum atomic E-state index is -1.47. The second-order valence-electron chi connectivity index (χ2n) is 4.46. The van der Waals surface area contributed by atoms with E-state index in [1.165, 1.54) is 6.92 Å². The van der Waals surface area contributed by atoms with E-state index in [0.717, 1.165) is 13.8 Å². The molecule has 0 aromatic carbocycles. The summed E-state index contributed by atoms with van der Waals surface area (Å²) < 4.78 is 20.0. The molecule has 1 N–H and O–H groups in total. The Kier molecular flexibility index (Phi) is 6.38. The molecule has 21 heavy (non-hydrogen) atoms. The van der Waals surface area contributed by atoms with E-state index >= 15 is 0 Å². The van der Waals surface area contributed by atoms with Crippen LogP contribution in [0.3, 0.4) is 0 Å². The Morgan fingerprint density at radius 1 is 1.05 bits per heavy atom. The molecule has 0 aromatic heterocycles. The van der Waals surface area contributed by atoms with Crippen LogP contribution in [-0.2, 0) is 33.3 Å². The lowest BCUT2D eigenvalue weighted by Crippen LogP contribution is -2.59. The molecular formula is C12H17ClO8. The van der Waals surface area contributed by atoms with Crippen LogP contribution in [-0.4, -0.2) is 59.6 Å². The number of aliphatic hydroxyl groups is 1. The number of rotatable bonds is 4. The van der Waals surface area contributed by atoms with Gasteiger partial charge in [0.25, 0.3) is 0 Å². The highest BCUT2D eigenvalue weighted by molar-refractivity contribution is 6.21.